The molecule has 1 nitrogen and oxygen atoms in total. The Hall–Kier alpha value is 0.500. The molecule has 2 fully saturated rings. The van der Waals surface area contributed by atoms with E-state index in [1.165, 1.54) is 12.2 Å². The minimum atomic E-state index is -0.500. The summed E-state index contributed by atoms with van der Waals surface area (Å²) in [5, 5.41) is 1.27. The highest BCUT2D eigenvalue weighted by Crippen LogP contribution is 2.43. The molecule has 2 aliphatic rings. The molecular weight excluding hydrogens is 188 g/mol. The molecule has 0 aliphatic carbocycles. The fraction of sp³-hybridized carbons (Fsp3) is 1.00. The third kappa shape index (κ3) is 1.35. The van der Waals surface area contributed by atoms with Gasteiger partial charge in [-0.1, -0.05) is 13.8 Å². The second kappa shape index (κ2) is 3.33. The second-order valence-corrected chi connectivity index (χ2v) is 7.10. The van der Waals surface area contributed by atoms with Gasteiger partial charge in [0, 0.05) is 27.1 Å². The zero-order valence-corrected chi connectivity index (χ0v) is 9.29. The second-order valence-electron chi connectivity index (χ2n) is 4.12. The molecular formula is C9H16OS2. The summed E-state index contributed by atoms with van der Waals surface area (Å²) in [7, 11) is -0.500. The predicted molar refractivity (Wildman–Crippen MR) is 56.0 cm³/mol. The average Bonchev–Trinajstić information content (AvgIpc) is 2.53. The third-order valence-corrected chi connectivity index (χ3v) is 6.68. The van der Waals surface area contributed by atoms with Crippen molar-refractivity contribution < 1.29 is 4.21 Å². The first kappa shape index (κ1) is 9.07. The predicted octanol–water partition coefficient (Wildman–Crippen LogP) is 1.90. The van der Waals surface area contributed by atoms with Crippen molar-refractivity contribution in [1.82, 2.24) is 0 Å². The minimum Gasteiger partial charge on any atom is -0.259 e. The van der Waals surface area contributed by atoms with Crippen molar-refractivity contribution >= 4 is 22.6 Å². The van der Waals surface area contributed by atoms with Crippen LogP contribution in [0.5, 0.6) is 0 Å². The first-order valence-electron chi connectivity index (χ1n) is 4.69. The lowest BCUT2D eigenvalue weighted by atomic mass is 9.92. The van der Waals surface area contributed by atoms with Gasteiger partial charge in [-0.15, -0.1) is 0 Å². The Morgan fingerprint density at radius 2 is 2.25 bits per heavy atom. The van der Waals surface area contributed by atoms with E-state index in [9.17, 15) is 4.21 Å². The monoisotopic (exact) mass is 204 g/mol. The van der Waals surface area contributed by atoms with Gasteiger partial charge in [-0.25, -0.2) is 0 Å². The topological polar surface area (TPSA) is 17.1 Å². The van der Waals surface area contributed by atoms with E-state index in [0.717, 1.165) is 22.8 Å². The molecule has 3 heteroatoms. The Morgan fingerprint density at radius 1 is 1.50 bits per heavy atom. The summed E-state index contributed by atoms with van der Waals surface area (Å²) in [6, 6.07) is 0. The molecule has 2 rings (SSSR count). The molecule has 2 aliphatic heterocycles. The number of rotatable bonds is 1. The summed E-state index contributed by atoms with van der Waals surface area (Å²) >= 11 is 2.06. The molecule has 0 spiro atoms. The van der Waals surface area contributed by atoms with Crippen LogP contribution in [0.25, 0.3) is 0 Å². The highest BCUT2D eigenvalue weighted by Gasteiger charge is 2.45. The highest BCUT2D eigenvalue weighted by molar-refractivity contribution is 8.01. The van der Waals surface area contributed by atoms with Crippen LogP contribution in [0.2, 0.25) is 0 Å². The van der Waals surface area contributed by atoms with Crippen molar-refractivity contribution in [3.8, 4) is 0 Å². The number of thioether (sulfide) groups is 1. The largest absolute Gasteiger partial charge is 0.259 e. The SMILES string of the molecule is CC(C)C1CS(=O)C2CCSC12. The maximum absolute atomic E-state index is 11.7. The lowest BCUT2D eigenvalue weighted by Gasteiger charge is -2.19. The van der Waals surface area contributed by atoms with E-state index in [0.29, 0.717) is 5.25 Å². The summed E-state index contributed by atoms with van der Waals surface area (Å²) in [4.78, 5) is 0. The van der Waals surface area contributed by atoms with Gasteiger partial charge < -0.3 is 0 Å². The number of hydrogen-bond donors (Lipinski definition) is 0. The Labute approximate surface area is 81.1 Å². The summed E-state index contributed by atoms with van der Waals surface area (Å²) in [6.07, 6.45) is 1.20. The van der Waals surface area contributed by atoms with Gasteiger partial charge in [-0.05, 0) is 24.0 Å². The van der Waals surface area contributed by atoms with Gasteiger partial charge in [0.2, 0.25) is 0 Å². The molecule has 0 aromatic carbocycles. The minimum absolute atomic E-state index is 0.500. The molecule has 2 heterocycles. The molecule has 0 bridgehead atoms. The standard InChI is InChI=1S/C9H16OS2/c1-6(2)7-5-12(10)8-3-4-11-9(7)8/h6-9H,3-5H2,1-2H3. The third-order valence-electron chi connectivity index (χ3n) is 3.05. The van der Waals surface area contributed by atoms with Crippen LogP contribution >= 0.6 is 11.8 Å². The van der Waals surface area contributed by atoms with Gasteiger partial charge in [0.05, 0.1) is 0 Å². The molecule has 0 amide bonds. The summed E-state index contributed by atoms with van der Waals surface area (Å²) in [5.41, 5.74) is 0. The normalized spacial score (nSPS) is 46.9. The summed E-state index contributed by atoms with van der Waals surface area (Å²) in [5.74, 6) is 3.66. The van der Waals surface area contributed by atoms with Crippen LogP contribution in [-0.2, 0) is 10.8 Å². The number of hydrogen-bond acceptors (Lipinski definition) is 2. The molecule has 0 N–H and O–H groups in total. The van der Waals surface area contributed by atoms with Gasteiger partial charge in [0.25, 0.3) is 0 Å². The lowest BCUT2D eigenvalue weighted by molar-refractivity contribution is 0.426. The van der Waals surface area contributed by atoms with E-state index in [1.54, 1.807) is 0 Å². The zero-order chi connectivity index (χ0) is 8.72. The first-order chi connectivity index (χ1) is 5.70. The van der Waals surface area contributed by atoms with Crippen LogP contribution in [-0.4, -0.2) is 26.2 Å². The summed E-state index contributed by atoms with van der Waals surface area (Å²) < 4.78 is 11.7. The van der Waals surface area contributed by atoms with Crippen LogP contribution in [0.1, 0.15) is 20.3 Å². The molecule has 70 valence electrons. The van der Waals surface area contributed by atoms with Crippen molar-refractivity contribution in [2.24, 2.45) is 11.8 Å². The molecule has 0 aromatic heterocycles. The van der Waals surface area contributed by atoms with Crippen LogP contribution in [0.4, 0.5) is 0 Å². The maximum Gasteiger partial charge on any atom is 0.0477 e. The van der Waals surface area contributed by atoms with E-state index in [2.05, 4.69) is 25.6 Å². The number of fused-ring (bicyclic) bond motifs is 1. The highest BCUT2D eigenvalue weighted by atomic mass is 32.2. The fourth-order valence-corrected chi connectivity index (χ4v) is 6.90. The van der Waals surface area contributed by atoms with Crippen LogP contribution in [0.3, 0.4) is 0 Å². The lowest BCUT2D eigenvalue weighted by Crippen LogP contribution is -2.22. The van der Waals surface area contributed by atoms with Gasteiger partial charge in [-0.3, -0.25) is 4.21 Å². The van der Waals surface area contributed by atoms with Crippen LogP contribution < -0.4 is 0 Å². The maximum atomic E-state index is 11.7. The van der Waals surface area contributed by atoms with Crippen molar-refractivity contribution in [1.29, 1.82) is 0 Å². The van der Waals surface area contributed by atoms with Gasteiger partial charge in [0.15, 0.2) is 0 Å². The van der Waals surface area contributed by atoms with Crippen molar-refractivity contribution in [2.75, 3.05) is 11.5 Å². The first-order valence-corrected chi connectivity index (χ1v) is 7.12. The van der Waals surface area contributed by atoms with Gasteiger partial charge in [0.1, 0.15) is 0 Å². The van der Waals surface area contributed by atoms with Crippen molar-refractivity contribution in [3.63, 3.8) is 0 Å². The Morgan fingerprint density at radius 3 is 2.92 bits per heavy atom. The molecule has 12 heavy (non-hydrogen) atoms. The van der Waals surface area contributed by atoms with E-state index in [4.69, 9.17) is 0 Å². The van der Waals surface area contributed by atoms with E-state index in [1.807, 2.05) is 0 Å². The smallest absolute Gasteiger partial charge is 0.0477 e. The Bertz CT molecular complexity index is 203. The Balaban J connectivity index is 2.14. The van der Waals surface area contributed by atoms with Gasteiger partial charge >= 0.3 is 0 Å². The van der Waals surface area contributed by atoms with E-state index in [-0.39, 0.29) is 0 Å². The molecule has 2 saturated heterocycles. The van der Waals surface area contributed by atoms with E-state index >= 15 is 0 Å². The fourth-order valence-electron chi connectivity index (χ4n) is 2.25. The molecule has 0 aromatic rings. The average molecular weight is 204 g/mol. The molecule has 0 radical (unpaired) electrons. The van der Waals surface area contributed by atoms with E-state index < -0.39 is 10.8 Å². The van der Waals surface area contributed by atoms with Crippen molar-refractivity contribution in [3.05, 3.63) is 0 Å². The van der Waals surface area contributed by atoms with Crippen LogP contribution in [0.15, 0.2) is 0 Å². The molecule has 4 unspecified atom stereocenters. The van der Waals surface area contributed by atoms with Crippen LogP contribution in [0, 0.1) is 11.8 Å². The summed E-state index contributed by atoms with van der Waals surface area (Å²) in [6.45, 7) is 4.53. The van der Waals surface area contributed by atoms with Gasteiger partial charge in [-0.2, -0.15) is 11.8 Å². The zero-order valence-electron chi connectivity index (χ0n) is 7.66. The van der Waals surface area contributed by atoms with Crippen molar-refractivity contribution in [2.45, 2.75) is 30.8 Å². The Kier molecular flexibility index (Phi) is 2.52. The quantitative estimate of drug-likeness (QED) is 0.649. The molecule has 0 saturated carbocycles. The molecule has 4 atom stereocenters.